The van der Waals surface area contributed by atoms with E-state index in [2.05, 4.69) is 6.92 Å². The topological polar surface area (TPSA) is 49.5 Å². The van der Waals surface area contributed by atoms with Gasteiger partial charge in [0.2, 0.25) is 0 Å². The van der Waals surface area contributed by atoms with Crippen LogP contribution in [-0.4, -0.2) is 26.9 Å². The number of nitrogens with two attached hydrogens (primary N) is 1. The summed E-state index contributed by atoms with van der Waals surface area (Å²) >= 11 is 0. The molecule has 1 aliphatic rings. The van der Waals surface area contributed by atoms with Crippen LogP contribution in [0.25, 0.3) is 0 Å². The standard InChI is InChI=1S/C10H22N2O/c1-8(2)6-10(5,11)7-9(3,4)12(8)13/h13H,6-7,11H2,1-5H3. The van der Waals surface area contributed by atoms with E-state index in [-0.39, 0.29) is 16.6 Å². The van der Waals surface area contributed by atoms with Crippen molar-refractivity contribution in [3.05, 3.63) is 0 Å². The predicted molar refractivity (Wildman–Crippen MR) is 53.6 cm³/mol. The number of nitrogens with zero attached hydrogens (tertiary/aromatic N) is 1. The van der Waals surface area contributed by atoms with Crippen molar-refractivity contribution in [2.24, 2.45) is 5.73 Å². The third-order valence-corrected chi connectivity index (χ3v) is 2.82. The van der Waals surface area contributed by atoms with Crippen molar-refractivity contribution in [2.45, 2.75) is 64.1 Å². The smallest absolute Gasteiger partial charge is 0.0427 e. The van der Waals surface area contributed by atoms with Gasteiger partial charge in [0.25, 0.3) is 0 Å². The van der Waals surface area contributed by atoms with E-state index in [4.69, 9.17) is 5.73 Å². The third-order valence-electron chi connectivity index (χ3n) is 2.82. The Morgan fingerprint density at radius 1 is 1.00 bits per heavy atom. The number of rotatable bonds is 0. The van der Waals surface area contributed by atoms with Crippen molar-refractivity contribution < 1.29 is 5.21 Å². The molecule has 0 amide bonds. The van der Waals surface area contributed by atoms with Gasteiger partial charge in [-0.2, -0.15) is 5.06 Å². The molecule has 1 fully saturated rings. The molecule has 1 rings (SSSR count). The lowest BCUT2D eigenvalue weighted by molar-refractivity contribution is -0.252. The lowest BCUT2D eigenvalue weighted by Gasteiger charge is -2.54. The molecular formula is C10H22N2O. The van der Waals surface area contributed by atoms with Crippen molar-refractivity contribution in [1.29, 1.82) is 0 Å². The highest BCUT2D eigenvalue weighted by Gasteiger charge is 2.48. The first-order valence-electron chi connectivity index (χ1n) is 4.85. The summed E-state index contributed by atoms with van der Waals surface area (Å²) in [6.07, 6.45) is 1.64. The van der Waals surface area contributed by atoms with Crippen LogP contribution in [0.3, 0.4) is 0 Å². The van der Waals surface area contributed by atoms with Gasteiger partial charge < -0.3 is 10.9 Å². The quantitative estimate of drug-likeness (QED) is 0.606. The SMILES string of the molecule is CC1(N)CC(C)(C)N(O)C(C)(C)C1. The van der Waals surface area contributed by atoms with Crippen LogP contribution in [0.5, 0.6) is 0 Å². The average molecular weight is 186 g/mol. The molecule has 0 aromatic heterocycles. The minimum Gasteiger partial charge on any atom is -0.325 e. The first-order chi connectivity index (χ1) is 5.57. The molecule has 0 bridgehead atoms. The van der Waals surface area contributed by atoms with Crippen LogP contribution in [0.4, 0.5) is 0 Å². The second-order valence-corrected chi connectivity index (χ2v) is 5.94. The molecule has 0 aromatic rings. The third kappa shape index (κ3) is 2.03. The number of piperidine rings is 1. The number of hydroxylamine groups is 2. The zero-order chi connectivity index (χ0) is 10.5. The molecule has 3 nitrogen and oxygen atoms in total. The molecule has 0 atom stereocenters. The van der Waals surface area contributed by atoms with Gasteiger partial charge in [-0.15, -0.1) is 0 Å². The Labute approximate surface area is 80.9 Å². The van der Waals surface area contributed by atoms with Crippen molar-refractivity contribution in [2.75, 3.05) is 0 Å². The molecule has 0 saturated carbocycles. The molecule has 13 heavy (non-hydrogen) atoms. The largest absolute Gasteiger partial charge is 0.325 e. The Kier molecular flexibility index (Phi) is 2.26. The van der Waals surface area contributed by atoms with Gasteiger partial charge in [-0.3, -0.25) is 0 Å². The number of hydrogen-bond acceptors (Lipinski definition) is 3. The van der Waals surface area contributed by atoms with Gasteiger partial charge in [-0.25, -0.2) is 0 Å². The maximum Gasteiger partial charge on any atom is 0.0427 e. The van der Waals surface area contributed by atoms with Gasteiger partial charge in [-0.1, -0.05) is 0 Å². The van der Waals surface area contributed by atoms with Crippen LogP contribution in [0.1, 0.15) is 47.5 Å². The van der Waals surface area contributed by atoms with Crippen molar-refractivity contribution in [3.63, 3.8) is 0 Å². The Morgan fingerprint density at radius 3 is 1.62 bits per heavy atom. The summed E-state index contributed by atoms with van der Waals surface area (Å²) in [4.78, 5) is 0. The van der Waals surface area contributed by atoms with Gasteiger partial charge in [-0.05, 0) is 47.5 Å². The maximum atomic E-state index is 9.97. The molecule has 0 unspecified atom stereocenters. The second kappa shape index (κ2) is 2.69. The molecule has 3 N–H and O–H groups in total. The van der Waals surface area contributed by atoms with Gasteiger partial charge in [0, 0.05) is 16.6 Å². The Balaban J connectivity index is 2.96. The van der Waals surface area contributed by atoms with Crippen LogP contribution in [0.15, 0.2) is 0 Å². The van der Waals surface area contributed by atoms with Crippen LogP contribution in [0.2, 0.25) is 0 Å². The number of hydrogen-bond donors (Lipinski definition) is 2. The van der Waals surface area contributed by atoms with Gasteiger partial charge in [0.15, 0.2) is 0 Å². The molecule has 1 aliphatic heterocycles. The monoisotopic (exact) mass is 186 g/mol. The molecule has 0 spiro atoms. The fraction of sp³-hybridized carbons (Fsp3) is 1.00. The molecule has 0 aromatic carbocycles. The summed E-state index contributed by atoms with van der Waals surface area (Å²) in [5.74, 6) is 0. The minimum absolute atomic E-state index is 0.174. The molecule has 78 valence electrons. The first kappa shape index (κ1) is 11.0. The zero-order valence-corrected chi connectivity index (χ0v) is 9.39. The van der Waals surface area contributed by atoms with E-state index in [9.17, 15) is 5.21 Å². The van der Waals surface area contributed by atoms with E-state index in [0.29, 0.717) is 0 Å². The van der Waals surface area contributed by atoms with E-state index in [0.717, 1.165) is 12.8 Å². The van der Waals surface area contributed by atoms with Gasteiger partial charge in [0.05, 0.1) is 0 Å². The Morgan fingerprint density at radius 2 is 1.31 bits per heavy atom. The molecule has 3 heteroatoms. The van der Waals surface area contributed by atoms with Crippen LogP contribution in [-0.2, 0) is 0 Å². The molecule has 1 saturated heterocycles. The van der Waals surface area contributed by atoms with Crippen LogP contribution < -0.4 is 5.73 Å². The summed E-state index contributed by atoms with van der Waals surface area (Å²) in [6, 6.07) is 0. The van der Waals surface area contributed by atoms with E-state index in [1.807, 2.05) is 27.7 Å². The van der Waals surface area contributed by atoms with Crippen LogP contribution >= 0.6 is 0 Å². The summed E-state index contributed by atoms with van der Waals surface area (Å²) in [6.45, 7) is 10.2. The van der Waals surface area contributed by atoms with Crippen LogP contribution in [0, 0.1) is 0 Å². The predicted octanol–water partition coefficient (Wildman–Crippen LogP) is 1.75. The molecule has 1 heterocycles. The van der Waals surface area contributed by atoms with Crippen molar-refractivity contribution in [3.8, 4) is 0 Å². The summed E-state index contributed by atoms with van der Waals surface area (Å²) in [7, 11) is 0. The van der Waals surface area contributed by atoms with Crippen molar-refractivity contribution in [1.82, 2.24) is 5.06 Å². The van der Waals surface area contributed by atoms with Gasteiger partial charge in [0.1, 0.15) is 0 Å². The van der Waals surface area contributed by atoms with E-state index in [1.54, 1.807) is 0 Å². The minimum atomic E-state index is -0.231. The second-order valence-electron chi connectivity index (χ2n) is 5.94. The zero-order valence-electron chi connectivity index (χ0n) is 9.39. The Hall–Kier alpha value is -0.120. The Bertz CT molecular complexity index is 189. The van der Waals surface area contributed by atoms with E-state index < -0.39 is 0 Å². The summed E-state index contributed by atoms with van der Waals surface area (Å²) < 4.78 is 0. The molecular weight excluding hydrogens is 164 g/mol. The van der Waals surface area contributed by atoms with E-state index in [1.165, 1.54) is 5.06 Å². The lowest BCUT2D eigenvalue weighted by Crippen LogP contribution is -2.65. The normalized spacial score (nSPS) is 31.6. The average Bonchev–Trinajstić information content (AvgIpc) is 1.77. The fourth-order valence-corrected chi connectivity index (χ4v) is 3.01. The fourth-order valence-electron chi connectivity index (χ4n) is 3.01. The molecule has 0 aliphatic carbocycles. The first-order valence-corrected chi connectivity index (χ1v) is 4.85. The highest BCUT2D eigenvalue weighted by Crippen LogP contribution is 2.40. The van der Waals surface area contributed by atoms with Gasteiger partial charge >= 0.3 is 0 Å². The lowest BCUT2D eigenvalue weighted by atomic mass is 9.72. The molecule has 0 radical (unpaired) electrons. The van der Waals surface area contributed by atoms with Crippen molar-refractivity contribution >= 4 is 0 Å². The maximum absolute atomic E-state index is 9.97. The summed E-state index contributed by atoms with van der Waals surface area (Å²) in [5.41, 5.74) is 5.52. The highest BCUT2D eigenvalue weighted by atomic mass is 16.5. The summed E-state index contributed by atoms with van der Waals surface area (Å²) in [5, 5.41) is 11.4. The highest BCUT2D eigenvalue weighted by molar-refractivity contribution is 5.03. The van der Waals surface area contributed by atoms with E-state index >= 15 is 0 Å².